The van der Waals surface area contributed by atoms with E-state index < -0.39 is 0 Å². The van der Waals surface area contributed by atoms with Gasteiger partial charge >= 0.3 is 0 Å². The predicted octanol–water partition coefficient (Wildman–Crippen LogP) is 4.30. The highest BCUT2D eigenvalue weighted by atomic mass is 32.2. The van der Waals surface area contributed by atoms with Crippen molar-refractivity contribution in [2.24, 2.45) is 5.92 Å². The summed E-state index contributed by atoms with van der Waals surface area (Å²) < 4.78 is 5.14. The van der Waals surface area contributed by atoms with Gasteiger partial charge in [0.25, 0.3) is 0 Å². The molecule has 5 heteroatoms. The van der Waals surface area contributed by atoms with Gasteiger partial charge in [-0.05, 0) is 49.2 Å². The first-order valence-corrected chi connectivity index (χ1v) is 10.3. The molecular weight excluding hydrogens is 358 g/mol. The van der Waals surface area contributed by atoms with Gasteiger partial charge in [-0.2, -0.15) is 0 Å². The van der Waals surface area contributed by atoms with E-state index in [9.17, 15) is 9.59 Å². The summed E-state index contributed by atoms with van der Waals surface area (Å²) in [5.41, 5.74) is 0.722. The summed E-state index contributed by atoms with van der Waals surface area (Å²) in [4.78, 5) is 28.2. The number of carbonyl (C=O) groups is 2. The summed E-state index contributed by atoms with van der Waals surface area (Å²) in [5, 5.41) is 0. The quantitative estimate of drug-likeness (QED) is 0.528. The normalized spacial score (nSPS) is 14.8. The molecule has 0 bridgehead atoms. The van der Waals surface area contributed by atoms with Crippen molar-refractivity contribution in [3.63, 3.8) is 0 Å². The Morgan fingerprint density at radius 1 is 1.04 bits per heavy atom. The van der Waals surface area contributed by atoms with Gasteiger partial charge in [-0.3, -0.25) is 9.59 Å². The molecule has 0 radical (unpaired) electrons. The first-order valence-electron chi connectivity index (χ1n) is 9.31. The lowest BCUT2D eigenvalue weighted by atomic mass is 9.89. The fourth-order valence-electron chi connectivity index (χ4n) is 3.31. The van der Waals surface area contributed by atoms with E-state index >= 15 is 0 Å². The van der Waals surface area contributed by atoms with Crippen LogP contribution in [0.4, 0.5) is 0 Å². The van der Waals surface area contributed by atoms with Crippen LogP contribution < -0.4 is 4.74 Å². The summed E-state index contributed by atoms with van der Waals surface area (Å²) in [6.45, 7) is 1.34. The van der Waals surface area contributed by atoms with Gasteiger partial charge in [0, 0.05) is 41.6 Å². The highest BCUT2D eigenvalue weighted by Gasteiger charge is 2.27. The number of Topliss-reactive ketones (excluding diaryl/α,β-unsaturated/α-hetero) is 1. The minimum absolute atomic E-state index is 0.00105. The number of benzene rings is 2. The van der Waals surface area contributed by atoms with Gasteiger partial charge in [0.05, 0.1) is 7.11 Å². The molecule has 0 aromatic heterocycles. The number of hydrogen-bond acceptors (Lipinski definition) is 4. The van der Waals surface area contributed by atoms with E-state index in [1.54, 1.807) is 18.9 Å². The summed E-state index contributed by atoms with van der Waals surface area (Å²) >= 11 is 1.71. The smallest absolute Gasteiger partial charge is 0.223 e. The summed E-state index contributed by atoms with van der Waals surface area (Å²) in [6.07, 6.45) is 2.02. The van der Waals surface area contributed by atoms with Gasteiger partial charge in [-0.15, -0.1) is 11.8 Å². The number of piperidine rings is 1. The number of thioether (sulfide) groups is 1. The van der Waals surface area contributed by atoms with Crippen LogP contribution in [-0.2, 0) is 4.79 Å². The van der Waals surface area contributed by atoms with Crippen LogP contribution in [0.15, 0.2) is 59.5 Å². The van der Waals surface area contributed by atoms with Gasteiger partial charge < -0.3 is 9.64 Å². The molecule has 0 unspecified atom stereocenters. The molecule has 1 fully saturated rings. The Balaban J connectivity index is 1.43. The number of methoxy groups -OCH3 is 1. The Kier molecular flexibility index (Phi) is 6.93. The molecule has 1 aliphatic heterocycles. The highest BCUT2D eigenvalue weighted by molar-refractivity contribution is 7.99. The fourth-order valence-corrected chi connectivity index (χ4v) is 4.18. The third-order valence-electron chi connectivity index (χ3n) is 4.92. The van der Waals surface area contributed by atoms with E-state index in [-0.39, 0.29) is 17.6 Å². The SMILES string of the molecule is COc1ccc(C(=O)C2CCN(C(=O)CCSc3ccccc3)CC2)cc1. The molecule has 0 saturated carbocycles. The average Bonchev–Trinajstić information content (AvgIpc) is 2.74. The van der Waals surface area contributed by atoms with Crippen LogP contribution in [0, 0.1) is 5.92 Å². The Morgan fingerprint density at radius 2 is 1.70 bits per heavy atom. The van der Waals surface area contributed by atoms with Crippen LogP contribution in [0.2, 0.25) is 0 Å². The first kappa shape index (κ1) is 19.5. The Hall–Kier alpha value is -2.27. The standard InChI is InChI=1S/C22H25NO3S/c1-26-19-9-7-17(8-10-19)22(25)18-11-14-23(15-12-18)21(24)13-16-27-20-5-3-2-4-6-20/h2-10,18H,11-16H2,1H3. The molecule has 0 aliphatic carbocycles. The van der Waals surface area contributed by atoms with Crippen LogP contribution in [0.1, 0.15) is 29.6 Å². The van der Waals surface area contributed by atoms with Gasteiger partial charge in [-0.25, -0.2) is 0 Å². The molecular formula is C22H25NO3S. The number of ketones is 1. The van der Waals surface area contributed by atoms with Crippen LogP contribution in [0.25, 0.3) is 0 Å². The van der Waals surface area contributed by atoms with Crippen molar-refractivity contribution in [1.29, 1.82) is 0 Å². The Bertz CT molecular complexity index is 753. The molecule has 142 valence electrons. The highest BCUT2D eigenvalue weighted by Crippen LogP contribution is 2.24. The summed E-state index contributed by atoms with van der Waals surface area (Å²) in [5.74, 6) is 1.90. The second kappa shape index (κ2) is 9.60. The molecule has 1 heterocycles. The zero-order valence-electron chi connectivity index (χ0n) is 15.6. The summed E-state index contributed by atoms with van der Waals surface area (Å²) in [7, 11) is 1.61. The predicted molar refractivity (Wildman–Crippen MR) is 108 cm³/mol. The van der Waals surface area contributed by atoms with Crippen LogP contribution in [0.3, 0.4) is 0 Å². The van der Waals surface area contributed by atoms with E-state index in [2.05, 4.69) is 12.1 Å². The fraction of sp³-hybridized carbons (Fsp3) is 0.364. The maximum Gasteiger partial charge on any atom is 0.223 e. The number of ether oxygens (including phenoxy) is 1. The Morgan fingerprint density at radius 3 is 2.33 bits per heavy atom. The number of hydrogen-bond donors (Lipinski definition) is 0. The van der Waals surface area contributed by atoms with E-state index in [0.717, 1.165) is 29.9 Å². The second-order valence-corrected chi connectivity index (χ2v) is 7.83. The van der Waals surface area contributed by atoms with Crippen molar-refractivity contribution in [3.05, 3.63) is 60.2 Å². The largest absolute Gasteiger partial charge is 0.497 e. The number of carbonyl (C=O) groups excluding carboxylic acids is 2. The van der Waals surface area contributed by atoms with Crippen molar-refractivity contribution in [1.82, 2.24) is 4.90 Å². The topological polar surface area (TPSA) is 46.6 Å². The van der Waals surface area contributed by atoms with E-state index in [1.807, 2.05) is 47.4 Å². The number of nitrogens with zero attached hydrogens (tertiary/aromatic N) is 1. The van der Waals surface area contributed by atoms with E-state index in [0.29, 0.717) is 19.5 Å². The van der Waals surface area contributed by atoms with Crippen LogP contribution in [-0.4, -0.2) is 42.5 Å². The number of amides is 1. The van der Waals surface area contributed by atoms with Crippen molar-refractivity contribution in [2.75, 3.05) is 26.0 Å². The molecule has 1 aliphatic rings. The maximum atomic E-state index is 12.7. The van der Waals surface area contributed by atoms with Crippen molar-refractivity contribution >= 4 is 23.5 Å². The van der Waals surface area contributed by atoms with Crippen LogP contribution in [0.5, 0.6) is 5.75 Å². The third kappa shape index (κ3) is 5.36. The Labute approximate surface area is 164 Å². The molecule has 2 aromatic carbocycles. The third-order valence-corrected chi connectivity index (χ3v) is 5.93. The zero-order chi connectivity index (χ0) is 19.1. The van der Waals surface area contributed by atoms with Crippen LogP contribution >= 0.6 is 11.8 Å². The molecule has 0 N–H and O–H groups in total. The molecule has 27 heavy (non-hydrogen) atoms. The maximum absolute atomic E-state index is 12.7. The average molecular weight is 384 g/mol. The molecule has 4 nitrogen and oxygen atoms in total. The van der Waals surface area contributed by atoms with Gasteiger partial charge in [-0.1, -0.05) is 18.2 Å². The lowest BCUT2D eigenvalue weighted by molar-refractivity contribution is -0.131. The van der Waals surface area contributed by atoms with Crippen molar-refractivity contribution in [3.8, 4) is 5.75 Å². The minimum Gasteiger partial charge on any atom is -0.497 e. The monoisotopic (exact) mass is 383 g/mol. The van der Waals surface area contributed by atoms with Gasteiger partial charge in [0.1, 0.15) is 5.75 Å². The molecule has 2 aromatic rings. The second-order valence-electron chi connectivity index (χ2n) is 6.66. The molecule has 0 atom stereocenters. The van der Waals surface area contributed by atoms with Gasteiger partial charge in [0.15, 0.2) is 5.78 Å². The lowest BCUT2D eigenvalue weighted by Gasteiger charge is -2.31. The summed E-state index contributed by atoms with van der Waals surface area (Å²) in [6, 6.07) is 17.4. The zero-order valence-corrected chi connectivity index (χ0v) is 16.4. The van der Waals surface area contributed by atoms with E-state index in [1.165, 1.54) is 4.90 Å². The lowest BCUT2D eigenvalue weighted by Crippen LogP contribution is -2.40. The molecule has 1 amide bonds. The van der Waals surface area contributed by atoms with E-state index in [4.69, 9.17) is 4.74 Å². The number of rotatable bonds is 7. The van der Waals surface area contributed by atoms with Gasteiger partial charge in [0.2, 0.25) is 5.91 Å². The first-order chi connectivity index (χ1) is 13.2. The molecule has 1 saturated heterocycles. The molecule has 0 spiro atoms. The number of likely N-dealkylation sites (tertiary alicyclic amines) is 1. The molecule has 3 rings (SSSR count). The van der Waals surface area contributed by atoms with Crippen molar-refractivity contribution in [2.45, 2.75) is 24.2 Å². The van der Waals surface area contributed by atoms with Crippen molar-refractivity contribution < 1.29 is 14.3 Å². The minimum atomic E-state index is 0.00105.